The zero-order chi connectivity index (χ0) is 11.8. The lowest BCUT2D eigenvalue weighted by Crippen LogP contribution is -2.50. The smallest absolute Gasteiger partial charge is 0.0652 e. The quantitative estimate of drug-likeness (QED) is 0.351. The van der Waals surface area contributed by atoms with Crippen molar-refractivity contribution < 1.29 is 0 Å². The number of hydrogen-bond donors (Lipinski definition) is 0. The summed E-state index contributed by atoms with van der Waals surface area (Å²) in [6, 6.07) is 0. The summed E-state index contributed by atoms with van der Waals surface area (Å²) in [5.74, 6) is 0. The first-order valence-corrected chi connectivity index (χ1v) is 7.42. The topological polar surface area (TPSA) is 6.48 Å². The van der Waals surface area contributed by atoms with Gasteiger partial charge in [-0.25, -0.2) is 0 Å². The molecule has 0 heterocycles. The van der Waals surface area contributed by atoms with E-state index in [9.17, 15) is 0 Å². The molecule has 2 nitrogen and oxygen atoms in total. The minimum atomic E-state index is 0.569. The van der Waals surface area contributed by atoms with Crippen LogP contribution in [0.1, 0.15) is 27.7 Å². The predicted octanol–water partition coefficient (Wildman–Crippen LogP) is 1.34. The van der Waals surface area contributed by atoms with Crippen LogP contribution >= 0.6 is 0 Å². The molecule has 0 N–H and O–H groups in total. The molecular formula is C12H28N2Si. The van der Waals surface area contributed by atoms with Crippen molar-refractivity contribution in [2.45, 2.75) is 39.4 Å². The van der Waals surface area contributed by atoms with E-state index in [4.69, 9.17) is 0 Å². The van der Waals surface area contributed by atoms with E-state index < -0.39 is 0 Å². The molecule has 0 spiro atoms. The molecule has 1 unspecified atom stereocenters. The Morgan fingerprint density at radius 3 is 1.53 bits per heavy atom. The van der Waals surface area contributed by atoms with Crippen LogP contribution in [0.3, 0.4) is 0 Å². The number of nitrogens with zero attached hydrogens (tertiary/aromatic N) is 2. The van der Waals surface area contributed by atoms with Gasteiger partial charge in [-0.05, 0) is 31.7 Å². The second-order valence-corrected chi connectivity index (χ2v) is 5.28. The minimum absolute atomic E-state index is 0.569. The van der Waals surface area contributed by atoms with Crippen LogP contribution in [0, 0.1) is 0 Å². The molecule has 0 radical (unpaired) electrons. The molecule has 0 aliphatic rings. The lowest BCUT2D eigenvalue weighted by molar-refractivity contribution is 0.0597. The van der Waals surface area contributed by atoms with E-state index in [-0.39, 0.29) is 0 Å². The highest BCUT2D eigenvalue weighted by Gasteiger charge is 2.24. The maximum Gasteiger partial charge on any atom is 0.0652 e. The summed E-state index contributed by atoms with van der Waals surface area (Å²) >= 11 is 0. The van der Waals surface area contributed by atoms with Crippen LogP contribution < -0.4 is 0 Å². The minimum Gasteiger partial charge on any atom is -0.288 e. The number of hydrogen-bond acceptors (Lipinski definition) is 2. The molecular weight excluding hydrogens is 200 g/mol. The highest BCUT2D eigenvalue weighted by atomic mass is 28.1. The Morgan fingerprint density at radius 1 is 1.00 bits per heavy atom. The first kappa shape index (κ1) is 14.9. The van der Waals surface area contributed by atoms with E-state index in [0.29, 0.717) is 11.7 Å². The molecule has 0 bridgehead atoms. The van der Waals surface area contributed by atoms with Crippen molar-refractivity contribution in [3.63, 3.8) is 0 Å². The van der Waals surface area contributed by atoms with Gasteiger partial charge >= 0.3 is 0 Å². The van der Waals surface area contributed by atoms with Gasteiger partial charge in [-0.1, -0.05) is 33.8 Å². The van der Waals surface area contributed by atoms with Crippen LogP contribution in [-0.2, 0) is 0 Å². The molecule has 0 saturated heterocycles. The molecule has 0 aliphatic carbocycles. The van der Waals surface area contributed by atoms with Crippen molar-refractivity contribution >= 4 is 10.2 Å². The van der Waals surface area contributed by atoms with Crippen molar-refractivity contribution in [1.29, 1.82) is 0 Å². The zero-order valence-corrected chi connectivity index (χ0v) is 13.2. The molecule has 0 amide bonds. The Hall–Kier alpha value is -0.123. The lowest BCUT2D eigenvalue weighted by Gasteiger charge is -2.40. The summed E-state index contributed by atoms with van der Waals surface area (Å²) in [5.41, 5.74) is 0.657. The van der Waals surface area contributed by atoms with E-state index in [1.54, 1.807) is 0 Å². The third kappa shape index (κ3) is 4.09. The van der Waals surface area contributed by atoms with Crippen LogP contribution in [0.4, 0.5) is 0 Å². The van der Waals surface area contributed by atoms with Gasteiger partial charge in [0.25, 0.3) is 0 Å². The summed E-state index contributed by atoms with van der Waals surface area (Å²) in [6.07, 6.45) is 2.70. The molecule has 0 rings (SSSR count). The maximum absolute atomic E-state index is 3.96. The van der Waals surface area contributed by atoms with E-state index in [0.717, 1.165) is 26.2 Å². The van der Waals surface area contributed by atoms with E-state index in [1.165, 1.54) is 10.2 Å². The van der Waals surface area contributed by atoms with Crippen LogP contribution in [0.15, 0.2) is 12.7 Å². The van der Waals surface area contributed by atoms with Crippen molar-refractivity contribution in [2.24, 2.45) is 0 Å². The summed E-state index contributed by atoms with van der Waals surface area (Å²) < 4.78 is 0. The highest BCUT2D eigenvalue weighted by molar-refractivity contribution is 6.13. The Labute approximate surface area is 98.8 Å². The Bertz CT molecular complexity index is 153. The average Bonchev–Trinajstić information content (AvgIpc) is 2.28. The van der Waals surface area contributed by atoms with Crippen LogP contribution in [-0.4, -0.2) is 52.4 Å². The molecule has 90 valence electrons. The summed E-state index contributed by atoms with van der Waals surface area (Å²) in [4.78, 5) is 5.10. The third-order valence-electron chi connectivity index (χ3n) is 3.22. The largest absolute Gasteiger partial charge is 0.288 e. The lowest BCUT2D eigenvalue weighted by atomic mass is 10.2. The average molecular weight is 228 g/mol. The molecule has 0 saturated carbocycles. The van der Waals surface area contributed by atoms with Crippen LogP contribution in [0.2, 0.25) is 5.54 Å². The van der Waals surface area contributed by atoms with Gasteiger partial charge in [-0.2, -0.15) is 0 Å². The van der Waals surface area contributed by atoms with Gasteiger partial charge in [0.1, 0.15) is 0 Å². The molecule has 0 aromatic rings. The van der Waals surface area contributed by atoms with Gasteiger partial charge in [-0.3, -0.25) is 9.80 Å². The van der Waals surface area contributed by atoms with Gasteiger partial charge in [0.15, 0.2) is 0 Å². The molecule has 0 aromatic heterocycles. The summed E-state index contributed by atoms with van der Waals surface area (Å²) in [6.45, 7) is 17.5. The van der Waals surface area contributed by atoms with Crippen molar-refractivity contribution in [2.75, 3.05) is 26.2 Å². The second kappa shape index (κ2) is 8.08. The first-order chi connectivity index (χ1) is 7.15. The molecule has 0 aliphatic heterocycles. The van der Waals surface area contributed by atoms with Gasteiger partial charge in [0, 0.05) is 10.2 Å². The molecule has 15 heavy (non-hydrogen) atoms. The molecule has 0 fully saturated rings. The van der Waals surface area contributed by atoms with Crippen LogP contribution in [0.5, 0.6) is 0 Å². The Morgan fingerprint density at radius 2 is 1.33 bits per heavy atom. The molecule has 3 heteroatoms. The van der Waals surface area contributed by atoms with Crippen LogP contribution in [0.25, 0.3) is 0 Å². The van der Waals surface area contributed by atoms with E-state index in [1.807, 2.05) is 0 Å². The third-order valence-corrected chi connectivity index (χ3v) is 4.28. The first-order valence-electron chi connectivity index (χ1n) is 6.26. The van der Waals surface area contributed by atoms with E-state index >= 15 is 0 Å². The molecule has 0 aromatic carbocycles. The fourth-order valence-corrected chi connectivity index (χ4v) is 3.06. The zero-order valence-electron chi connectivity index (χ0n) is 11.2. The monoisotopic (exact) mass is 228 g/mol. The van der Waals surface area contributed by atoms with Crippen molar-refractivity contribution in [3.05, 3.63) is 12.7 Å². The number of rotatable bonds is 8. The van der Waals surface area contributed by atoms with Crippen molar-refractivity contribution in [3.8, 4) is 0 Å². The Balaban J connectivity index is 4.75. The molecule has 1 atom stereocenters. The van der Waals surface area contributed by atoms with Gasteiger partial charge < -0.3 is 0 Å². The summed E-state index contributed by atoms with van der Waals surface area (Å²) in [5, 5.41) is 0. The fraction of sp³-hybridized carbons (Fsp3) is 0.833. The van der Waals surface area contributed by atoms with Gasteiger partial charge in [0.2, 0.25) is 0 Å². The van der Waals surface area contributed by atoms with Gasteiger partial charge in [-0.15, -0.1) is 6.58 Å². The Kier molecular flexibility index (Phi) is 8.01. The predicted molar refractivity (Wildman–Crippen MR) is 73.5 cm³/mol. The SMILES string of the molecule is C=CC([SiH3])C(N(CC)CC)N(CC)CC. The maximum atomic E-state index is 3.96. The highest BCUT2D eigenvalue weighted by Crippen LogP contribution is 2.19. The van der Waals surface area contributed by atoms with Gasteiger partial charge in [0.05, 0.1) is 6.17 Å². The standard InChI is InChI=1S/C12H28N2Si/c1-6-11(15)12(13(7-2)8-3)14(9-4)10-5/h6,11-12H,1,7-10H2,2-5,15H3. The second-order valence-electron chi connectivity index (χ2n) is 3.95. The van der Waals surface area contributed by atoms with Crippen molar-refractivity contribution in [1.82, 2.24) is 9.80 Å². The van der Waals surface area contributed by atoms with E-state index in [2.05, 4.69) is 50.1 Å². The normalized spacial score (nSPS) is 14.1. The fourth-order valence-electron chi connectivity index (χ4n) is 2.21. The summed E-state index contributed by atoms with van der Waals surface area (Å²) in [7, 11) is 1.19.